The minimum atomic E-state index is -0.410. The van der Waals surface area contributed by atoms with Gasteiger partial charge in [-0.05, 0) is 19.1 Å². The van der Waals surface area contributed by atoms with Crippen LogP contribution in [0.4, 0.5) is 4.39 Å². The Morgan fingerprint density at radius 1 is 1.38 bits per heavy atom. The summed E-state index contributed by atoms with van der Waals surface area (Å²) in [7, 11) is 0. The molecule has 0 aliphatic heterocycles. The molecule has 2 nitrogen and oxygen atoms in total. The van der Waals surface area contributed by atoms with Crippen molar-refractivity contribution < 1.29 is 8.81 Å². The first-order chi connectivity index (χ1) is 6.20. The Labute approximate surface area is 75.1 Å². The topological polar surface area (TPSA) is 39.2 Å². The molecule has 0 aliphatic carbocycles. The van der Waals surface area contributed by atoms with Crippen LogP contribution < -0.4 is 5.73 Å². The SMILES string of the molecule is CC(N)c1oc2ccccc2c1F. The van der Waals surface area contributed by atoms with Crippen molar-refractivity contribution in [1.82, 2.24) is 0 Å². The van der Waals surface area contributed by atoms with Crippen molar-refractivity contribution in [2.45, 2.75) is 13.0 Å². The molecule has 1 aromatic heterocycles. The van der Waals surface area contributed by atoms with Crippen LogP contribution in [-0.4, -0.2) is 0 Å². The first-order valence-electron chi connectivity index (χ1n) is 4.12. The molecule has 2 aromatic rings. The van der Waals surface area contributed by atoms with E-state index in [1.165, 1.54) is 0 Å². The van der Waals surface area contributed by atoms with Gasteiger partial charge in [0.05, 0.1) is 11.4 Å². The lowest BCUT2D eigenvalue weighted by Gasteiger charge is -1.97. The molecule has 0 amide bonds. The summed E-state index contributed by atoms with van der Waals surface area (Å²) in [5.41, 5.74) is 6.09. The van der Waals surface area contributed by atoms with Gasteiger partial charge in [-0.2, -0.15) is 0 Å². The number of rotatable bonds is 1. The predicted octanol–water partition coefficient (Wildman–Crippen LogP) is 2.59. The molecule has 1 aromatic carbocycles. The molecule has 1 heterocycles. The second-order valence-corrected chi connectivity index (χ2v) is 3.07. The summed E-state index contributed by atoms with van der Waals surface area (Å²) < 4.78 is 18.8. The fraction of sp³-hybridized carbons (Fsp3) is 0.200. The van der Waals surface area contributed by atoms with E-state index in [9.17, 15) is 4.39 Å². The number of nitrogens with two attached hydrogens (primary N) is 1. The zero-order valence-electron chi connectivity index (χ0n) is 7.25. The van der Waals surface area contributed by atoms with E-state index in [4.69, 9.17) is 10.2 Å². The molecule has 0 spiro atoms. The third kappa shape index (κ3) is 1.21. The van der Waals surface area contributed by atoms with Crippen molar-refractivity contribution in [3.05, 3.63) is 35.8 Å². The molecule has 13 heavy (non-hydrogen) atoms. The van der Waals surface area contributed by atoms with Crippen LogP contribution in [0.15, 0.2) is 28.7 Å². The Bertz CT molecular complexity index is 433. The van der Waals surface area contributed by atoms with Crippen LogP contribution in [0.5, 0.6) is 0 Å². The van der Waals surface area contributed by atoms with Crippen molar-refractivity contribution in [3.8, 4) is 0 Å². The Kier molecular flexibility index (Phi) is 1.81. The summed E-state index contributed by atoms with van der Waals surface area (Å²) in [6.45, 7) is 1.70. The van der Waals surface area contributed by atoms with E-state index in [2.05, 4.69) is 0 Å². The molecule has 3 heteroatoms. The van der Waals surface area contributed by atoms with Crippen molar-refractivity contribution in [2.24, 2.45) is 5.73 Å². The van der Waals surface area contributed by atoms with Gasteiger partial charge in [-0.3, -0.25) is 0 Å². The van der Waals surface area contributed by atoms with Crippen LogP contribution in [0.1, 0.15) is 18.7 Å². The monoisotopic (exact) mass is 179 g/mol. The highest BCUT2D eigenvalue weighted by Crippen LogP contribution is 2.26. The highest BCUT2D eigenvalue weighted by Gasteiger charge is 2.15. The van der Waals surface area contributed by atoms with Gasteiger partial charge in [0, 0.05) is 0 Å². The minimum absolute atomic E-state index is 0.223. The lowest BCUT2D eigenvalue weighted by molar-refractivity contribution is 0.467. The second kappa shape index (κ2) is 2.85. The summed E-state index contributed by atoms with van der Waals surface area (Å²) in [6.07, 6.45) is 0. The second-order valence-electron chi connectivity index (χ2n) is 3.07. The minimum Gasteiger partial charge on any atom is -0.456 e. The van der Waals surface area contributed by atoms with Gasteiger partial charge in [0.1, 0.15) is 5.58 Å². The lowest BCUT2D eigenvalue weighted by atomic mass is 10.2. The molecule has 0 saturated carbocycles. The van der Waals surface area contributed by atoms with E-state index in [0.29, 0.717) is 11.0 Å². The maximum Gasteiger partial charge on any atom is 0.174 e. The summed E-state index contributed by atoms with van der Waals surface area (Å²) in [4.78, 5) is 0. The molecule has 2 rings (SSSR count). The van der Waals surface area contributed by atoms with E-state index in [0.717, 1.165) is 0 Å². The quantitative estimate of drug-likeness (QED) is 0.730. The summed E-state index contributed by atoms with van der Waals surface area (Å²) in [6, 6.07) is 6.57. The van der Waals surface area contributed by atoms with E-state index in [1.807, 2.05) is 0 Å². The van der Waals surface area contributed by atoms with Gasteiger partial charge in [0.2, 0.25) is 0 Å². The third-order valence-electron chi connectivity index (χ3n) is 1.97. The zero-order chi connectivity index (χ0) is 9.42. The van der Waals surface area contributed by atoms with Crippen molar-refractivity contribution in [3.63, 3.8) is 0 Å². The average molecular weight is 179 g/mol. The van der Waals surface area contributed by atoms with Gasteiger partial charge < -0.3 is 10.2 Å². The fourth-order valence-electron chi connectivity index (χ4n) is 1.33. The van der Waals surface area contributed by atoms with Crippen LogP contribution in [0, 0.1) is 5.82 Å². The van der Waals surface area contributed by atoms with Crippen LogP contribution in [0.25, 0.3) is 11.0 Å². The van der Waals surface area contributed by atoms with Crippen LogP contribution in [0.3, 0.4) is 0 Å². The van der Waals surface area contributed by atoms with Gasteiger partial charge in [-0.15, -0.1) is 0 Å². The van der Waals surface area contributed by atoms with Crippen LogP contribution >= 0.6 is 0 Å². The molecular weight excluding hydrogens is 169 g/mol. The van der Waals surface area contributed by atoms with E-state index in [-0.39, 0.29) is 11.6 Å². The number of fused-ring (bicyclic) bond motifs is 1. The predicted molar refractivity (Wildman–Crippen MR) is 48.8 cm³/mol. The Balaban J connectivity index is 2.74. The van der Waals surface area contributed by atoms with Crippen molar-refractivity contribution in [2.75, 3.05) is 0 Å². The zero-order valence-corrected chi connectivity index (χ0v) is 7.25. The highest BCUT2D eigenvalue weighted by molar-refractivity contribution is 5.78. The van der Waals surface area contributed by atoms with Gasteiger partial charge in [0.25, 0.3) is 0 Å². The fourth-order valence-corrected chi connectivity index (χ4v) is 1.33. The molecule has 0 bridgehead atoms. The van der Waals surface area contributed by atoms with Gasteiger partial charge in [-0.1, -0.05) is 12.1 Å². The maximum atomic E-state index is 13.5. The summed E-state index contributed by atoms with van der Waals surface area (Å²) in [5, 5.41) is 0.495. The molecule has 1 unspecified atom stereocenters. The normalized spacial score (nSPS) is 13.5. The number of benzene rings is 1. The molecule has 0 aliphatic rings. The molecular formula is C10H10FNO. The number of para-hydroxylation sites is 1. The number of halogens is 1. The summed E-state index contributed by atoms with van der Waals surface area (Å²) >= 11 is 0. The first kappa shape index (κ1) is 8.26. The smallest absolute Gasteiger partial charge is 0.174 e. The largest absolute Gasteiger partial charge is 0.456 e. The van der Waals surface area contributed by atoms with Crippen molar-refractivity contribution >= 4 is 11.0 Å². The van der Waals surface area contributed by atoms with E-state index >= 15 is 0 Å². The number of hydrogen-bond acceptors (Lipinski definition) is 2. The summed E-state index contributed by atoms with van der Waals surface area (Å²) in [5.74, 6) is -0.119. The Morgan fingerprint density at radius 3 is 2.69 bits per heavy atom. The molecule has 0 fully saturated rings. The molecule has 68 valence electrons. The van der Waals surface area contributed by atoms with E-state index < -0.39 is 6.04 Å². The highest BCUT2D eigenvalue weighted by atomic mass is 19.1. The molecule has 0 radical (unpaired) electrons. The van der Waals surface area contributed by atoms with Gasteiger partial charge >= 0.3 is 0 Å². The number of hydrogen-bond donors (Lipinski definition) is 1. The molecule has 1 atom stereocenters. The lowest BCUT2D eigenvalue weighted by Crippen LogP contribution is -2.04. The van der Waals surface area contributed by atoms with E-state index in [1.54, 1.807) is 31.2 Å². The van der Waals surface area contributed by atoms with Crippen molar-refractivity contribution in [1.29, 1.82) is 0 Å². The van der Waals surface area contributed by atoms with Crippen LogP contribution in [-0.2, 0) is 0 Å². The van der Waals surface area contributed by atoms with Gasteiger partial charge in [-0.25, -0.2) is 4.39 Å². The molecule has 2 N–H and O–H groups in total. The van der Waals surface area contributed by atoms with Gasteiger partial charge in [0.15, 0.2) is 11.6 Å². The number of furan rings is 1. The molecule has 0 saturated heterocycles. The standard InChI is InChI=1S/C10H10FNO/c1-6(12)10-9(11)7-4-2-3-5-8(7)13-10/h2-6H,12H2,1H3. The first-order valence-corrected chi connectivity index (χ1v) is 4.12. The Hall–Kier alpha value is -1.35. The van der Waals surface area contributed by atoms with Crippen LogP contribution in [0.2, 0.25) is 0 Å². The third-order valence-corrected chi connectivity index (χ3v) is 1.97. The average Bonchev–Trinajstić information content (AvgIpc) is 2.45. The Morgan fingerprint density at radius 2 is 2.08 bits per heavy atom. The maximum absolute atomic E-state index is 13.5.